The van der Waals surface area contributed by atoms with Gasteiger partial charge in [-0.05, 0) is 108 Å². The average Bonchev–Trinajstić information content (AvgIpc) is 3.22. The molecule has 0 saturated heterocycles. The molecule has 1 aliphatic heterocycles. The molecule has 5 heteroatoms. The van der Waals surface area contributed by atoms with Crippen LogP contribution in [0, 0.1) is 17.8 Å². The minimum Gasteiger partial charge on any atom is -0.490 e. The Kier molecular flexibility index (Phi) is 6.62. The third-order valence-corrected chi connectivity index (χ3v) is 9.38. The van der Waals surface area contributed by atoms with Crippen molar-refractivity contribution in [3.05, 3.63) is 58.8 Å². The molecule has 4 saturated carbocycles. The van der Waals surface area contributed by atoms with Gasteiger partial charge in [-0.1, -0.05) is 24.3 Å². The molecule has 0 N–H and O–H groups in total. The van der Waals surface area contributed by atoms with Crippen LogP contribution in [0.3, 0.4) is 0 Å². The molecule has 5 aliphatic rings. The van der Waals surface area contributed by atoms with Crippen LogP contribution < -0.4 is 10.4 Å². The smallest absolute Gasteiger partial charge is 0.328 e. The van der Waals surface area contributed by atoms with Crippen molar-refractivity contribution in [1.29, 1.82) is 0 Å². The van der Waals surface area contributed by atoms with Crippen LogP contribution in [0.2, 0.25) is 0 Å². The van der Waals surface area contributed by atoms with Gasteiger partial charge in [-0.25, -0.2) is 4.79 Å². The standard InChI is InChI=1S/C31H43N3O2/c1-23(2)36-29-8-4-3-7-28(29)27-9-13-32(14-10-27)11-5-6-12-33-15-16-34(30(33)35)31-20-24-17-25(21-31)19-26(18-24)22-31/h3-4,7-9,15-16,23-26H,5-6,10-14,17-22H2,1-2H3. The maximum atomic E-state index is 13.3. The molecule has 4 fully saturated rings. The molecule has 194 valence electrons. The number of hydrogen-bond donors (Lipinski definition) is 0. The Bertz CT molecular complexity index is 1120. The number of benzene rings is 1. The molecule has 0 spiro atoms. The van der Waals surface area contributed by atoms with Gasteiger partial charge in [0.1, 0.15) is 5.75 Å². The highest BCUT2D eigenvalue weighted by molar-refractivity contribution is 5.71. The summed E-state index contributed by atoms with van der Waals surface area (Å²) in [5.41, 5.74) is 3.02. The number of para-hydroxylation sites is 1. The fourth-order valence-electron chi connectivity index (χ4n) is 8.17. The van der Waals surface area contributed by atoms with E-state index >= 15 is 0 Å². The molecule has 1 aromatic heterocycles. The molecule has 7 rings (SSSR count). The Morgan fingerprint density at radius 3 is 2.33 bits per heavy atom. The number of rotatable bonds is 9. The van der Waals surface area contributed by atoms with Gasteiger partial charge in [-0.15, -0.1) is 0 Å². The Labute approximate surface area is 216 Å². The maximum Gasteiger partial charge on any atom is 0.328 e. The zero-order chi connectivity index (χ0) is 24.7. The molecule has 2 heterocycles. The van der Waals surface area contributed by atoms with Gasteiger partial charge < -0.3 is 4.74 Å². The Hall–Kier alpha value is -2.27. The average molecular weight is 490 g/mol. The van der Waals surface area contributed by atoms with Crippen molar-refractivity contribution in [2.45, 2.75) is 89.8 Å². The van der Waals surface area contributed by atoms with Crippen molar-refractivity contribution in [3.8, 4) is 5.75 Å². The zero-order valence-corrected chi connectivity index (χ0v) is 22.2. The fourth-order valence-corrected chi connectivity index (χ4v) is 8.17. The summed E-state index contributed by atoms with van der Waals surface area (Å²) in [4.78, 5) is 15.9. The fraction of sp³-hybridized carbons (Fsp3) is 0.645. The molecular weight excluding hydrogens is 446 g/mol. The lowest BCUT2D eigenvalue weighted by Crippen LogP contribution is -2.54. The van der Waals surface area contributed by atoms with Gasteiger partial charge in [-0.2, -0.15) is 0 Å². The molecule has 0 atom stereocenters. The first-order valence-corrected chi connectivity index (χ1v) is 14.4. The second kappa shape index (κ2) is 9.89. The highest BCUT2D eigenvalue weighted by atomic mass is 16.5. The molecule has 36 heavy (non-hydrogen) atoms. The predicted octanol–water partition coefficient (Wildman–Crippen LogP) is 5.93. The van der Waals surface area contributed by atoms with Gasteiger partial charge in [0.15, 0.2) is 0 Å². The van der Waals surface area contributed by atoms with Gasteiger partial charge in [0, 0.05) is 43.1 Å². The molecule has 2 aromatic rings. The topological polar surface area (TPSA) is 39.4 Å². The van der Waals surface area contributed by atoms with E-state index in [1.807, 2.05) is 4.57 Å². The summed E-state index contributed by atoms with van der Waals surface area (Å²) in [6, 6.07) is 8.43. The van der Waals surface area contributed by atoms with E-state index in [1.54, 1.807) is 0 Å². The Balaban J connectivity index is 1.01. The molecule has 5 nitrogen and oxygen atoms in total. The number of aryl methyl sites for hydroxylation is 1. The van der Waals surface area contributed by atoms with E-state index in [4.69, 9.17) is 4.74 Å². The number of imidazole rings is 1. The first kappa shape index (κ1) is 24.1. The van der Waals surface area contributed by atoms with Gasteiger partial charge in [-0.3, -0.25) is 14.0 Å². The SMILES string of the molecule is CC(C)Oc1ccccc1C1=CCN(CCCCn2ccn(C34CC5CC(CC(C5)C3)C4)c2=O)CC1. The van der Waals surface area contributed by atoms with Crippen LogP contribution >= 0.6 is 0 Å². The van der Waals surface area contributed by atoms with Gasteiger partial charge in [0.05, 0.1) is 6.10 Å². The second-order valence-corrected chi connectivity index (χ2v) is 12.4. The van der Waals surface area contributed by atoms with Crippen LogP contribution in [0.15, 0.2) is 47.5 Å². The van der Waals surface area contributed by atoms with E-state index in [9.17, 15) is 4.79 Å². The molecule has 0 amide bonds. The van der Waals surface area contributed by atoms with Crippen molar-refractivity contribution in [2.75, 3.05) is 19.6 Å². The van der Waals surface area contributed by atoms with E-state index in [-0.39, 0.29) is 17.3 Å². The number of ether oxygens (including phenoxy) is 1. The van der Waals surface area contributed by atoms with Crippen molar-refractivity contribution < 1.29 is 4.74 Å². The van der Waals surface area contributed by atoms with E-state index in [2.05, 4.69) is 66.0 Å². The van der Waals surface area contributed by atoms with Crippen LogP contribution in [0.4, 0.5) is 0 Å². The molecule has 4 bridgehead atoms. The lowest BCUT2D eigenvalue weighted by Gasteiger charge is -2.56. The van der Waals surface area contributed by atoms with Gasteiger partial charge in [0.2, 0.25) is 0 Å². The summed E-state index contributed by atoms with van der Waals surface area (Å²) in [5, 5.41) is 0. The third-order valence-electron chi connectivity index (χ3n) is 9.38. The lowest BCUT2D eigenvalue weighted by molar-refractivity contribution is -0.0450. The summed E-state index contributed by atoms with van der Waals surface area (Å²) in [7, 11) is 0. The van der Waals surface area contributed by atoms with Crippen molar-refractivity contribution in [1.82, 2.24) is 14.0 Å². The van der Waals surface area contributed by atoms with E-state index in [0.29, 0.717) is 0 Å². The van der Waals surface area contributed by atoms with Crippen molar-refractivity contribution in [3.63, 3.8) is 0 Å². The number of hydrogen-bond acceptors (Lipinski definition) is 3. The molecular formula is C31H43N3O2. The summed E-state index contributed by atoms with van der Waals surface area (Å²) in [5.74, 6) is 3.59. The van der Waals surface area contributed by atoms with Crippen LogP contribution in [0.25, 0.3) is 5.57 Å². The minimum atomic E-state index is 0.133. The Morgan fingerprint density at radius 2 is 1.67 bits per heavy atom. The molecule has 0 unspecified atom stereocenters. The predicted molar refractivity (Wildman–Crippen MR) is 145 cm³/mol. The third kappa shape index (κ3) is 4.71. The summed E-state index contributed by atoms with van der Waals surface area (Å²) >= 11 is 0. The first-order valence-electron chi connectivity index (χ1n) is 14.4. The van der Waals surface area contributed by atoms with Crippen LogP contribution in [-0.4, -0.2) is 39.8 Å². The number of unbranched alkanes of at least 4 members (excludes halogenated alkanes) is 1. The van der Waals surface area contributed by atoms with E-state index in [1.165, 1.54) is 49.7 Å². The molecule has 0 radical (unpaired) electrons. The monoisotopic (exact) mass is 489 g/mol. The largest absolute Gasteiger partial charge is 0.490 e. The van der Waals surface area contributed by atoms with Crippen molar-refractivity contribution >= 4 is 5.57 Å². The quantitative estimate of drug-likeness (QED) is 0.410. The summed E-state index contributed by atoms with van der Waals surface area (Å²) < 4.78 is 10.2. The summed E-state index contributed by atoms with van der Waals surface area (Å²) in [6.07, 6.45) is 18.0. The molecule has 1 aromatic carbocycles. The highest BCUT2D eigenvalue weighted by Gasteiger charge is 2.52. The normalized spacial score (nSPS) is 29.6. The van der Waals surface area contributed by atoms with Crippen molar-refractivity contribution in [2.24, 2.45) is 17.8 Å². The van der Waals surface area contributed by atoms with Crippen LogP contribution in [0.1, 0.15) is 77.2 Å². The van der Waals surface area contributed by atoms with Gasteiger partial charge in [0.25, 0.3) is 0 Å². The van der Waals surface area contributed by atoms with Crippen LogP contribution in [0.5, 0.6) is 5.75 Å². The number of nitrogens with zero attached hydrogens (tertiary/aromatic N) is 3. The van der Waals surface area contributed by atoms with E-state index < -0.39 is 0 Å². The summed E-state index contributed by atoms with van der Waals surface area (Å²) in [6.45, 7) is 8.18. The Morgan fingerprint density at radius 1 is 0.972 bits per heavy atom. The maximum absolute atomic E-state index is 13.3. The molecule has 4 aliphatic carbocycles. The van der Waals surface area contributed by atoms with Gasteiger partial charge >= 0.3 is 5.69 Å². The lowest BCUT2D eigenvalue weighted by atomic mass is 9.53. The first-order chi connectivity index (χ1) is 17.5. The second-order valence-electron chi connectivity index (χ2n) is 12.4. The van der Waals surface area contributed by atoms with E-state index in [0.717, 1.165) is 68.9 Å². The number of aromatic nitrogens is 2. The zero-order valence-electron chi connectivity index (χ0n) is 22.2. The highest BCUT2D eigenvalue weighted by Crippen LogP contribution is 2.58. The minimum absolute atomic E-state index is 0.133. The van der Waals surface area contributed by atoms with Crippen LogP contribution in [-0.2, 0) is 12.1 Å².